The predicted molar refractivity (Wildman–Crippen MR) is 168 cm³/mol. The van der Waals surface area contributed by atoms with Crippen molar-refractivity contribution in [3.63, 3.8) is 0 Å². The lowest BCUT2D eigenvalue weighted by Gasteiger charge is -2.49. The van der Waals surface area contributed by atoms with Crippen molar-refractivity contribution in [3.8, 4) is 17.2 Å². The number of rotatable bonds is 8. The first kappa shape index (κ1) is 29.8. The summed E-state index contributed by atoms with van der Waals surface area (Å²) in [6.07, 6.45) is 13.1. The Morgan fingerprint density at radius 1 is 1.00 bits per heavy atom. The van der Waals surface area contributed by atoms with E-state index in [1.807, 2.05) is 0 Å². The molecule has 4 heterocycles. The van der Waals surface area contributed by atoms with Crippen LogP contribution >= 0.6 is 11.6 Å². The molecule has 0 amide bonds. The maximum Gasteiger partial charge on any atom is 0.201 e. The maximum atomic E-state index is 15.8. The molecule has 7 rings (SSSR count). The van der Waals surface area contributed by atoms with E-state index in [1.54, 1.807) is 42.9 Å². The number of piperidine rings is 2. The highest BCUT2D eigenvalue weighted by Gasteiger charge is 2.40. The topological polar surface area (TPSA) is 59.3 Å². The van der Waals surface area contributed by atoms with Crippen LogP contribution in [0.25, 0.3) is 17.6 Å². The Morgan fingerprint density at radius 3 is 2.62 bits per heavy atom. The van der Waals surface area contributed by atoms with Crippen LogP contribution in [-0.4, -0.2) is 57.6 Å². The molecule has 0 bridgehead atoms. The first-order valence-electron chi connectivity index (χ1n) is 15.5. The van der Waals surface area contributed by atoms with E-state index in [0.29, 0.717) is 16.9 Å². The number of hydrogen-bond donors (Lipinski definition) is 0. The minimum atomic E-state index is -1.10. The Morgan fingerprint density at radius 2 is 1.84 bits per heavy atom. The van der Waals surface area contributed by atoms with Crippen LogP contribution in [0.5, 0.6) is 11.5 Å². The minimum absolute atomic E-state index is 0.129. The quantitative estimate of drug-likeness (QED) is 0.196. The van der Waals surface area contributed by atoms with E-state index in [9.17, 15) is 8.78 Å². The van der Waals surface area contributed by atoms with E-state index in [1.165, 1.54) is 42.3 Å². The molecule has 1 aliphatic carbocycles. The fraction of sp³-hybridized carbons (Fsp3) is 0.382. The van der Waals surface area contributed by atoms with Gasteiger partial charge in [-0.05, 0) is 105 Å². The summed E-state index contributed by atoms with van der Waals surface area (Å²) in [5, 5.41) is 12.2. The third-order valence-electron chi connectivity index (χ3n) is 9.30. The van der Waals surface area contributed by atoms with E-state index in [2.05, 4.69) is 25.1 Å². The highest BCUT2D eigenvalue weighted by molar-refractivity contribution is 6.35. The lowest BCUT2D eigenvalue weighted by atomic mass is 9.72. The average molecular weight is 635 g/mol. The van der Waals surface area contributed by atoms with Gasteiger partial charge in [0.15, 0.2) is 17.4 Å². The number of halogens is 4. The summed E-state index contributed by atoms with van der Waals surface area (Å²) in [6.45, 7) is 4.86. The van der Waals surface area contributed by atoms with Crippen molar-refractivity contribution >= 4 is 29.2 Å². The standard InChI is InChI=1S/C34H34ClF3N6O/c35-31-29(45-30-4-1-3-26(36)32(30)38)8-7-24(19-27(37)28-10-16-44(41-28)25-9-14-39-40-20-25)33(31)43-15-2-11-34(22-43)12-17-42(18-13-34)21-23-5-6-23/h1,3-4,7-10,14,16,19-20,23H,2,5-6,11-13,15,17-18,21-22H2/b27-19-. The molecule has 234 valence electrons. The molecule has 45 heavy (non-hydrogen) atoms. The average Bonchev–Trinajstić information content (AvgIpc) is 3.73. The number of anilines is 1. The van der Waals surface area contributed by atoms with E-state index < -0.39 is 17.5 Å². The minimum Gasteiger partial charge on any atom is -0.453 e. The molecular weight excluding hydrogens is 601 g/mol. The van der Waals surface area contributed by atoms with Gasteiger partial charge < -0.3 is 14.5 Å². The molecule has 7 nitrogen and oxygen atoms in total. The van der Waals surface area contributed by atoms with Gasteiger partial charge in [0.05, 0.1) is 23.8 Å². The molecule has 2 saturated heterocycles. The van der Waals surface area contributed by atoms with Crippen LogP contribution in [0.3, 0.4) is 0 Å². The van der Waals surface area contributed by atoms with Gasteiger partial charge in [0.2, 0.25) is 5.82 Å². The second-order valence-corrected chi connectivity index (χ2v) is 12.9. The molecule has 0 N–H and O–H groups in total. The highest BCUT2D eigenvalue weighted by Crippen LogP contribution is 2.47. The fourth-order valence-electron chi connectivity index (χ4n) is 6.67. The van der Waals surface area contributed by atoms with Crippen molar-refractivity contribution in [2.24, 2.45) is 11.3 Å². The molecule has 1 saturated carbocycles. The van der Waals surface area contributed by atoms with Gasteiger partial charge in [-0.15, -0.1) is 0 Å². The van der Waals surface area contributed by atoms with Crippen LogP contribution in [0.15, 0.2) is 61.1 Å². The number of aromatic nitrogens is 4. The summed E-state index contributed by atoms with van der Waals surface area (Å²) in [6, 6.07) is 10.3. The number of ether oxygens (including phenoxy) is 1. The van der Waals surface area contributed by atoms with Crippen molar-refractivity contribution in [1.82, 2.24) is 24.9 Å². The summed E-state index contributed by atoms with van der Waals surface area (Å²) in [5.41, 5.74) is 2.09. The Labute approximate surface area is 265 Å². The Balaban J connectivity index is 1.21. The monoisotopic (exact) mass is 634 g/mol. The molecule has 0 unspecified atom stereocenters. The van der Waals surface area contributed by atoms with Crippen LogP contribution < -0.4 is 9.64 Å². The zero-order chi connectivity index (χ0) is 31.0. The molecule has 2 aliphatic heterocycles. The first-order valence-corrected chi connectivity index (χ1v) is 15.9. The van der Waals surface area contributed by atoms with E-state index in [4.69, 9.17) is 16.3 Å². The second-order valence-electron chi connectivity index (χ2n) is 12.5. The first-order chi connectivity index (χ1) is 21.9. The summed E-state index contributed by atoms with van der Waals surface area (Å²) < 4.78 is 51.7. The number of likely N-dealkylation sites (tertiary alicyclic amines) is 1. The Bertz CT molecular complexity index is 1700. The third kappa shape index (κ3) is 6.44. The Hall–Kier alpha value is -3.89. The zero-order valence-corrected chi connectivity index (χ0v) is 25.6. The smallest absolute Gasteiger partial charge is 0.201 e. The summed E-state index contributed by atoms with van der Waals surface area (Å²) in [7, 11) is 0. The zero-order valence-electron chi connectivity index (χ0n) is 24.8. The third-order valence-corrected chi connectivity index (χ3v) is 9.67. The van der Waals surface area contributed by atoms with Gasteiger partial charge in [0.25, 0.3) is 0 Å². The van der Waals surface area contributed by atoms with Crippen LogP contribution in [-0.2, 0) is 0 Å². The van der Waals surface area contributed by atoms with Crippen molar-refractivity contribution in [1.29, 1.82) is 0 Å². The lowest BCUT2D eigenvalue weighted by molar-refractivity contribution is 0.0852. The van der Waals surface area contributed by atoms with Gasteiger partial charge >= 0.3 is 0 Å². The van der Waals surface area contributed by atoms with Gasteiger partial charge in [0.1, 0.15) is 16.5 Å². The van der Waals surface area contributed by atoms with Crippen LogP contribution in [0.4, 0.5) is 18.9 Å². The molecule has 0 atom stereocenters. The van der Waals surface area contributed by atoms with Crippen molar-refractivity contribution < 1.29 is 17.9 Å². The SMILES string of the molecule is F/C(=C\c1ccc(Oc2cccc(F)c2F)c(Cl)c1N1CCCC2(CCN(CC3CC3)CC2)C1)c1ccn(-c2ccnnc2)n1. The molecular formula is C34H34ClF3N6O. The maximum absolute atomic E-state index is 15.8. The van der Waals surface area contributed by atoms with E-state index in [0.717, 1.165) is 63.8 Å². The molecule has 0 radical (unpaired) electrons. The molecule has 4 aromatic rings. The Kier molecular flexibility index (Phi) is 8.27. The normalized spacial score (nSPS) is 18.8. The van der Waals surface area contributed by atoms with Crippen molar-refractivity contribution in [2.45, 2.75) is 38.5 Å². The van der Waals surface area contributed by atoms with E-state index >= 15 is 4.39 Å². The predicted octanol–water partition coefficient (Wildman–Crippen LogP) is 7.95. The van der Waals surface area contributed by atoms with Crippen LogP contribution in [0, 0.1) is 23.0 Å². The lowest BCUT2D eigenvalue weighted by Crippen LogP contribution is -2.50. The molecule has 2 aromatic heterocycles. The molecule has 2 aromatic carbocycles. The van der Waals surface area contributed by atoms with Gasteiger partial charge in [-0.1, -0.05) is 17.7 Å². The summed E-state index contributed by atoms with van der Waals surface area (Å²) in [5.74, 6) is -1.89. The van der Waals surface area contributed by atoms with Crippen molar-refractivity contribution in [2.75, 3.05) is 37.6 Å². The number of hydrogen-bond acceptors (Lipinski definition) is 6. The molecule has 3 fully saturated rings. The van der Waals surface area contributed by atoms with Gasteiger partial charge in [-0.2, -0.15) is 19.7 Å². The molecule has 1 spiro atoms. The fourth-order valence-corrected chi connectivity index (χ4v) is 7.00. The number of benzene rings is 2. The molecule has 3 aliphatic rings. The summed E-state index contributed by atoms with van der Waals surface area (Å²) in [4.78, 5) is 4.82. The highest BCUT2D eigenvalue weighted by atomic mass is 35.5. The second kappa shape index (κ2) is 12.5. The van der Waals surface area contributed by atoms with Crippen LogP contribution in [0.1, 0.15) is 49.8 Å². The van der Waals surface area contributed by atoms with Gasteiger partial charge in [0, 0.05) is 31.4 Å². The molecule has 11 heteroatoms. The van der Waals surface area contributed by atoms with Gasteiger partial charge in [-0.3, -0.25) is 0 Å². The number of nitrogens with zero attached hydrogens (tertiary/aromatic N) is 6. The van der Waals surface area contributed by atoms with Crippen molar-refractivity contribution in [3.05, 3.63) is 89.0 Å². The summed E-state index contributed by atoms with van der Waals surface area (Å²) >= 11 is 7.04. The van der Waals surface area contributed by atoms with Crippen LogP contribution in [0.2, 0.25) is 5.02 Å². The van der Waals surface area contributed by atoms with Gasteiger partial charge in [-0.25, -0.2) is 13.5 Å². The largest absolute Gasteiger partial charge is 0.453 e. The van der Waals surface area contributed by atoms with E-state index in [-0.39, 0.29) is 27.6 Å².